The first kappa shape index (κ1) is 12.8. The predicted octanol–water partition coefficient (Wildman–Crippen LogP) is 0.734. The maximum absolute atomic E-state index is 11.2. The number of anilines is 1. The van der Waals surface area contributed by atoms with E-state index in [-0.39, 0.29) is 5.75 Å². The third-order valence-corrected chi connectivity index (χ3v) is 4.48. The van der Waals surface area contributed by atoms with Crippen LogP contribution in [0.5, 0.6) is 0 Å². The Hall–Kier alpha value is -0.660. The van der Waals surface area contributed by atoms with Crippen molar-refractivity contribution in [2.45, 2.75) is 25.4 Å². The highest BCUT2D eigenvalue weighted by Crippen LogP contribution is 2.29. The molecule has 0 saturated heterocycles. The van der Waals surface area contributed by atoms with E-state index in [0.29, 0.717) is 17.7 Å². The number of nitrogens with two attached hydrogens (primary N) is 1. The van der Waals surface area contributed by atoms with Crippen LogP contribution in [0.4, 0.5) is 5.13 Å². The first-order chi connectivity index (χ1) is 7.94. The fourth-order valence-corrected chi connectivity index (χ4v) is 2.99. The average molecular weight is 275 g/mol. The molecule has 0 spiro atoms. The molecule has 1 aromatic rings. The monoisotopic (exact) mass is 275 g/mol. The van der Waals surface area contributed by atoms with Gasteiger partial charge in [0, 0.05) is 36.5 Å². The van der Waals surface area contributed by atoms with Gasteiger partial charge in [0.25, 0.3) is 0 Å². The molecule has 96 valence electrons. The van der Waals surface area contributed by atoms with E-state index in [2.05, 4.69) is 9.88 Å². The fourth-order valence-electron chi connectivity index (χ4n) is 1.71. The van der Waals surface area contributed by atoms with Gasteiger partial charge in [-0.3, -0.25) is 4.90 Å². The largest absolute Gasteiger partial charge is 0.375 e. The second kappa shape index (κ2) is 4.91. The highest BCUT2D eigenvalue weighted by Gasteiger charge is 2.29. The predicted molar refractivity (Wildman–Crippen MR) is 69.7 cm³/mol. The van der Waals surface area contributed by atoms with Gasteiger partial charge in [-0.1, -0.05) is 0 Å². The zero-order valence-electron chi connectivity index (χ0n) is 9.80. The van der Waals surface area contributed by atoms with Crippen LogP contribution in [0.1, 0.15) is 17.7 Å². The van der Waals surface area contributed by atoms with Crippen LogP contribution in [0.15, 0.2) is 6.20 Å². The van der Waals surface area contributed by atoms with Gasteiger partial charge < -0.3 is 5.73 Å². The minimum absolute atomic E-state index is 0.220. The lowest BCUT2D eigenvalue weighted by molar-refractivity contribution is 0.272. The van der Waals surface area contributed by atoms with Gasteiger partial charge in [-0.05, 0) is 12.8 Å². The van der Waals surface area contributed by atoms with E-state index in [4.69, 9.17) is 5.73 Å². The lowest BCUT2D eigenvalue weighted by Gasteiger charge is -2.20. The quantitative estimate of drug-likeness (QED) is 0.828. The summed E-state index contributed by atoms with van der Waals surface area (Å²) in [6.07, 6.45) is 5.38. The molecule has 5 nitrogen and oxygen atoms in total. The van der Waals surface area contributed by atoms with E-state index in [0.717, 1.165) is 24.3 Å². The Morgan fingerprint density at radius 3 is 2.76 bits per heavy atom. The number of thiazole rings is 1. The number of nitrogen functional groups attached to an aromatic ring is 1. The first-order valence-electron chi connectivity index (χ1n) is 5.56. The number of rotatable bonds is 6. The molecule has 1 heterocycles. The van der Waals surface area contributed by atoms with Gasteiger partial charge in [-0.15, -0.1) is 11.3 Å². The molecule has 2 rings (SSSR count). The lowest BCUT2D eigenvalue weighted by atomic mass is 10.4. The summed E-state index contributed by atoms with van der Waals surface area (Å²) in [5.74, 6) is 0.220. The van der Waals surface area contributed by atoms with Crippen LogP contribution in [0, 0.1) is 0 Å². The van der Waals surface area contributed by atoms with E-state index in [1.165, 1.54) is 17.6 Å². The third-order valence-electron chi connectivity index (χ3n) is 2.74. The molecule has 2 N–H and O–H groups in total. The normalized spacial score (nSPS) is 16.6. The average Bonchev–Trinajstić information content (AvgIpc) is 2.97. The molecule has 0 amide bonds. The summed E-state index contributed by atoms with van der Waals surface area (Å²) in [5, 5.41) is 0.568. The molecule has 7 heteroatoms. The molecule has 1 saturated carbocycles. The van der Waals surface area contributed by atoms with Gasteiger partial charge in [0.15, 0.2) is 5.13 Å². The third kappa shape index (κ3) is 4.25. The van der Waals surface area contributed by atoms with E-state index in [9.17, 15) is 8.42 Å². The molecule has 0 bridgehead atoms. The van der Waals surface area contributed by atoms with Crippen molar-refractivity contribution < 1.29 is 8.42 Å². The van der Waals surface area contributed by atoms with Crippen LogP contribution in [-0.2, 0) is 16.4 Å². The SMILES string of the molecule is CS(=O)(=O)CCN(Cc1cnc(N)s1)C1CC1. The van der Waals surface area contributed by atoms with Crippen LogP contribution in [0.25, 0.3) is 0 Å². The Kier molecular flexibility index (Phi) is 3.70. The maximum atomic E-state index is 11.2. The smallest absolute Gasteiger partial charge is 0.180 e. The van der Waals surface area contributed by atoms with E-state index in [1.54, 1.807) is 6.20 Å². The molecule has 1 aliphatic rings. The minimum atomic E-state index is -2.89. The molecule has 17 heavy (non-hydrogen) atoms. The van der Waals surface area contributed by atoms with Crippen molar-refractivity contribution in [2.75, 3.05) is 24.3 Å². The zero-order valence-corrected chi connectivity index (χ0v) is 11.4. The van der Waals surface area contributed by atoms with Gasteiger partial charge in [0.05, 0.1) is 5.75 Å². The van der Waals surface area contributed by atoms with Crippen molar-refractivity contribution >= 4 is 26.3 Å². The fraction of sp³-hybridized carbons (Fsp3) is 0.700. The summed E-state index contributed by atoms with van der Waals surface area (Å²) >= 11 is 1.47. The summed E-state index contributed by atoms with van der Waals surface area (Å²) in [6, 6.07) is 0.542. The van der Waals surface area contributed by atoms with Crippen molar-refractivity contribution in [3.63, 3.8) is 0 Å². The molecule has 0 radical (unpaired) electrons. The van der Waals surface area contributed by atoms with E-state index in [1.807, 2.05) is 0 Å². The molecule has 1 fully saturated rings. The molecule has 1 aliphatic carbocycles. The summed E-state index contributed by atoms with van der Waals surface area (Å²) in [4.78, 5) is 7.33. The molecular weight excluding hydrogens is 258 g/mol. The summed E-state index contributed by atoms with van der Waals surface area (Å²) in [6.45, 7) is 1.36. The lowest BCUT2D eigenvalue weighted by Crippen LogP contribution is -2.30. The topological polar surface area (TPSA) is 76.3 Å². The Morgan fingerprint density at radius 1 is 1.59 bits per heavy atom. The van der Waals surface area contributed by atoms with Gasteiger partial charge in [0.1, 0.15) is 9.84 Å². The van der Waals surface area contributed by atoms with Crippen LogP contribution < -0.4 is 5.73 Å². The standard InChI is InChI=1S/C10H17N3O2S2/c1-17(14,15)5-4-13(8-2-3-8)7-9-6-12-10(11)16-9/h6,8H,2-5,7H2,1H3,(H2,11,12). The van der Waals surface area contributed by atoms with E-state index < -0.39 is 9.84 Å². The van der Waals surface area contributed by atoms with E-state index >= 15 is 0 Å². The first-order valence-corrected chi connectivity index (χ1v) is 8.44. The number of hydrogen-bond acceptors (Lipinski definition) is 6. The van der Waals surface area contributed by atoms with Crippen molar-refractivity contribution in [1.82, 2.24) is 9.88 Å². The Bertz CT molecular complexity index is 479. The summed E-state index contributed by atoms with van der Waals surface area (Å²) < 4.78 is 22.4. The Labute approximate surface area is 106 Å². The molecular formula is C10H17N3O2S2. The Morgan fingerprint density at radius 2 is 2.29 bits per heavy atom. The van der Waals surface area contributed by atoms with Gasteiger partial charge in [-0.25, -0.2) is 13.4 Å². The van der Waals surface area contributed by atoms with Gasteiger partial charge in [0.2, 0.25) is 0 Å². The number of nitrogens with zero attached hydrogens (tertiary/aromatic N) is 2. The highest BCUT2D eigenvalue weighted by atomic mass is 32.2. The van der Waals surface area contributed by atoms with Crippen molar-refractivity contribution in [3.8, 4) is 0 Å². The number of hydrogen-bond donors (Lipinski definition) is 1. The van der Waals surface area contributed by atoms with Crippen LogP contribution in [0.2, 0.25) is 0 Å². The van der Waals surface area contributed by atoms with Crippen molar-refractivity contribution in [1.29, 1.82) is 0 Å². The molecule has 1 aromatic heterocycles. The second-order valence-corrected chi connectivity index (χ2v) is 7.90. The minimum Gasteiger partial charge on any atom is -0.375 e. The van der Waals surface area contributed by atoms with Gasteiger partial charge in [-0.2, -0.15) is 0 Å². The van der Waals surface area contributed by atoms with Crippen molar-refractivity contribution in [2.24, 2.45) is 0 Å². The summed E-state index contributed by atoms with van der Waals surface area (Å²) in [7, 11) is -2.89. The van der Waals surface area contributed by atoms with Crippen LogP contribution >= 0.6 is 11.3 Å². The van der Waals surface area contributed by atoms with Crippen LogP contribution in [-0.4, -0.2) is 42.9 Å². The van der Waals surface area contributed by atoms with Crippen LogP contribution in [0.3, 0.4) is 0 Å². The second-order valence-electron chi connectivity index (χ2n) is 4.50. The molecule has 0 atom stereocenters. The zero-order chi connectivity index (χ0) is 12.5. The summed E-state index contributed by atoms with van der Waals surface area (Å²) in [5.41, 5.74) is 5.58. The molecule has 0 aliphatic heterocycles. The molecule has 0 aromatic carbocycles. The number of aromatic nitrogens is 1. The van der Waals surface area contributed by atoms with Gasteiger partial charge >= 0.3 is 0 Å². The van der Waals surface area contributed by atoms with Crippen molar-refractivity contribution in [3.05, 3.63) is 11.1 Å². The maximum Gasteiger partial charge on any atom is 0.180 e. The highest BCUT2D eigenvalue weighted by molar-refractivity contribution is 7.90. The molecule has 0 unspecified atom stereocenters. The number of sulfone groups is 1. The Balaban J connectivity index is 1.93.